The average molecular weight is 350 g/mol. The maximum atomic E-state index is 5.53. The van der Waals surface area contributed by atoms with E-state index in [1.807, 2.05) is 17.9 Å². The van der Waals surface area contributed by atoms with Crippen molar-refractivity contribution in [3.05, 3.63) is 13.7 Å². The van der Waals surface area contributed by atoms with Gasteiger partial charge in [0, 0.05) is 45.2 Å². The normalized spacial score (nSPS) is 10.1. The molecule has 0 unspecified atom stereocenters. The van der Waals surface area contributed by atoms with Crippen molar-refractivity contribution in [3.8, 4) is 0 Å². The van der Waals surface area contributed by atoms with Gasteiger partial charge in [-0.25, -0.2) is 4.57 Å². The maximum absolute atomic E-state index is 5.53. The Hall–Kier alpha value is 0.470. The van der Waals surface area contributed by atoms with E-state index in [4.69, 9.17) is 5.84 Å². The van der Waals surface area contributed by atoms with Crippen molar-refractivity contribution >= 4 is 45.2 Å². The van der Waals surface area contributed by atoms with Gasteiger partial charge in [-0.1, -0.05) is 0 Å². The molecule has 1 aromatic heterocycles. The molecular formula is C4H6I2N3+. The Balaban J connectivity index is 3.29. The van der Waals surface area contributed by atoms with Gasteiger partial charge in [-0.3, -0.25) is 5.84 Å². The molecule has 0 atom stereocenters. The Kier molecular flexibility index (Phi) is 2.19. The van der Waals surface area contributed by atoms with E-state index in [-0.39, 0.29) is 0 Å². The number of rotatable bonds is 0. The Morgan fingerprint density at radius 2 is 2.22 bits per heavy atom. The monoisotopic (exact) mass is 350 g/mol. The second-order valence-corrected chi connectivity index (χ2v) is 3.76. The van der Waals surface area contributed by atoms with Crippen LogP contribution in [0, 0.1) is 7.40 Å². The van der Waals surface area contributed by atoms with E-state index in [1.165, 1.54) is 0 Å². The lowest BCUT2D eigenvalue weighted by molar-refractivity contribution is -0.683. The third-order valence-electron chi connectivity index (χ3n) is 1.00. The smallest absolute Gasteiger partial charge is 0.268 e. The zero-order valence-electron chi connectivity index (χ0n) is 4.81. The molecular weight excluding hydrogens is 344 g/mol. The van der Waals surface area contributed by atoms with Crippen LogP contribution in [-0.4, -0.2) is 4.68 Å². The van der Waals surface area contributed by atoms with E-state index in [2.05, 4.69) is 45.2 Å². The lowest BCUT2D eigenvalue weighted by atomic mass is 10.9. The first-order chi connectivity index (χ1) is 4.13. The Morgan fingerprint density at radius 1 is 1.67 bits per heavy atom. The quantitative estimate of drug-likeness (QED) is 0.406. The maximum Gasteiger partial charge on any atom is 0.268 e. The Labute approximate surface area is 80.5 Å². The molecule has 0 aliphatic heterocycles. The molecule has 2 N–H and O–H groups in total. The largest absolute Gasteiger partial charge is 0.268 e. The lowest BCUT2D eigenvalue weighted by Gasteiger charge is -1.79. The Morgan fingerprint density at radius 3 is 2.33 bits per heavy atom. The molecule has 0 bridgehead atoms. The van der Waals surface area contributed by atoms with Crippen LogP contribution in [-0.2, 0) is 7.05 Å². The van der Waals surface area contributed by atoms with Gasteiger partial charge in [0.25, 0.3) is 6.33 Å². The minimum Gasteiger partial charge on any atom is -0.268 e. The average Bonchev–Trinajstić information content (AvgIpc) is 1.98. The topological polar surface area (TPSA) is 34.8 Å². The van der Waals surface area contributed by atoms with E-state index in [0.29, 0.717) is 0 Å². The fourth-order valence-electron chi connectivity index (χ4n) is 0.540. The minimum atomic E-state index is 1.07. The summed E-state index contributed by atoms with van der Waals surface area (Å²) in [6.07, 6.45) is 1.84. The van der Waals surface area contributed by atoms with Gasteiger partial charge in [-0.05, 0) is 0 Å². The molecule has 0 radical (unpaired) electrons. The van der Waals surface area contributed by atoms with E-state index < -0.39 is 0 Å². The van der Waals surface area contributed by atoms with Crippen molar-refractivity contribution in [3.63, 3.8) is 0 Å². The number of nitrogens with zero attached hydrogens (tertiary/aromatic N) is 2. The first-order valence-corrected chi connectivity index (χ1v) is 4.45. The van der Waals surface area contributed by atoms with Crippen LogP contribution in [0.1, 0.15) is 0 Å². The summed E-state index contributed by atoms with van der Waals surface area (Å²) >= 11 is 4.44. The van der Waals surface area contributed by atoms with Crippen molar-refractivity contribution in [1.82, 2.24) is 4.68 Å². The number of halogens is 2. The first-order valence-electron chi connectivity index (χ1n) is 2.30. The zero-order valence-corrected chi connectivity index (χ0v) is 9.12. The van der Waals surface area contributed by atoms with Crippen LogP contribution in [0.15, 0.2) is 6.33 Å². The number of imidazole rings is 1. The number of hydrogen-bond acceptors (Lipinski definition) is 1. The van der Waals surface area contributed by atoms with Crippen LogP contribution in [0.4, 0.5) is 0 Å². The minimum absolute atomic E-state index is 1.07. The molecule has 0 spiro atoms. The molecule has 9 heavy (non-hydrogen) atoms. The number of aryl methyl sites for hydroxylation is 1. The van der Waals surface area contributed by atoms with Crippen molar-refractivity contribution in [1.29, 1.82) is 0 Å². The molecule has 50 valence electrons. The van der Waals surface area contributed by atoms with E-state index in [0.717, 1.165) is 7.40 Å². The highest BCUT2D eigenvalue weighted by molar-refractivity contribution is 14.1. The molecule has 0 aromatic carbocycles. The van der Waals surface area contributed by atoms with Gasteiger partial charge >= 0.3 is 0 Å². The molecule has 1 rings (SSSR count). The second kappa shape index (κ2) is 2.60. The summed E-state index contributed by atoms with van der Waals surface area (Å²) < 4.78 is 5.80. The van der Waals surface area contributed by atoms with Gasteiger partial charge in [-0.15, -0.1) is 4.68 Å². The number of nitrogens with two attached hydrogens (primary N) is 1. The molecule has 0 aliphatic rings. The first kappa shape index (κ1) is 7.58. The van der Waals surface area contributed by atoms with E-state index >= 15 is 0 Å². The number of nitrogen functional groups attached to an aromatic ring is 1. The molecule has 1 aromatic rings. The number of aromatic nitrogens is 2. The molecule has 1 heterocycles. The fraction of sp³-hybridized carbons (Fsp3) is 0.250. The van der Waals surface area contributed by atoms with Crippen molar-refractivity contribution in [2.24, 2.45) is 7.05 Å². The van der Waals surface area contributed by atoms with Crippen LogP contribution in [0.25, 0.3) is 0 Å². The highest BCUT2D eigenvalue weighted by Crippen LogP contribution is 2.07. The summed E-state index contributed by atoms with van der Waals surface area (Å²) in [6, 6.07) is 0. The van der Waals surface area contributed by atoms with Gasteiger partial charge in [0.1, 0.15) is 0 Å². The van der Waals surface area contributed by atoms with Gasteiger partial charge in [0.2, 0.25) is 7.40 Å². The predicted octanol–water partition coefficient (Wildman–Crippen LogP) is 0.236. The van der Waals surface area contributed by atoms with Gasteiger partial charge in [0.05, 0.1) is 7.05 Å². The fourth-order valence-corrected chi connectivity index (χ4v) is 1.45. The summed E-state index contributed by atoms with van der Waals surface area (Å²) in [5.74, 6) is 5.53. The van der Waals surface area contributed by atoms with E-state index in [9.17, 15) is 0 Å². The second-order valence-electron chi connectivity index (χ2n) is 1.72. The van der Waals surface area contributed by atoms with Crippen molar-refractivity contribution < 1.29 is 4.57 Å². The van der Waals surface area contributed by atoms with Crippen LogP contribution in [0.2, 0.25) is 0 Å². The van der Waals surface area contributed by atoms with Crippen molar-refractivity contribution in [2.75, 3.05) is 5.84 Å². The molecule has 0 fully saturated rings. The van der Waals surface area contributed by atoms with Crippen LogP contribution in [0.5, 0.6) is 0 Å². The third kappa shape index (κ3) is 1.31. The van der Waals surface area contributed by atoms with Gasteiger partial charge in [-0.2, -0.15) is 0 Å². The molecule has 5 heteroatoms. The highest BCUT2D eigenvalue weighted by Gasteiger charge is 2.12. The van der Waals surface area contributed by atoms with E-state index in [1.54, 1.807) is 4.68 Å². The van der Waals surface area contributed by atoms with Gasteiger partial charge < -0.3 is 0 Å². The van der Waals surface area contributed by atoms with Crippen LogP contribution < -0.4 is 10.4 Å². The van der Waals surface area contributed by atoms with Gasteiger partial charge in [0.15, 0.2) is 0 Å². The lowest BCUT2D eigenvalue weighted by Crippen LogP contribution is -2.29. The molecule has 0 amide bonds. The molecule has 0 saturated heterocycles. The number of hydrogen-bond donors (Lipinski definition) is 1. The summed E-state index contributed by atoms with van der Waals surface area (Å²) in [7, 11) is 1.97. The molecule has 0 saturated carbocycles. The van der Waals surface area contributed by atoms with Crippen LogP contribution in [0.3, 0.4) is 0 Å². The SMILES string of the molecule is C[n+]1cn(N)c(I)c1I. The Bertz CT molecular complexity index is 207. The van der Waals surface area contributed by atoms with Crippen LogP contribution >= 0.6 is 45.2 Å². The zero-order chi connectivity index (χ0) is 7.02. The summed E-state index contributed by atoms with van der Waals surface area (Å²) in [6.45, 7) is 0. The standard InChI is InChI=1S/C4H6I2N3/c1-8-2-9(7)4(6)3(8)5/h2H,7H2,1H3/q+1. The molecule has 0 aliphatic carbocycles. The summed E-state index contributed by atoms with van der Waals surface area (Å²) in [5.41, 5.74) is 0. The highest BCUT2D eigenvalue weighted by atomic mass is 127. The third-order valence-corrected chi connectivity index (χ3v) is 4.38. The van der Waals surface area contributed by atoms with Crippen molar-refractivity contribution in [2.45, 2.75) is 0 Å². The summed E-state index contributed by atoms with van der Waals surface area (Å²) in [4.78, 5) is 0. The summed E-state index contributed by atoms with van der Waals surface area (Å²) in [5, 5.41) is 0. The molecule has 3 nitrogen and oxygen atoms in total. The predicted molar refractivity (Wildman–Crippen MR) is 51.2 cm³/mol.